The number of nitrogens with zero attached hydrogens (tertiary/aromatic N) is 2. The molecule has 1 spiro atoms. The summed E-state index contributed by atoms with van der Waals surface area (Å²) in [5, 5.41) is 9.13. The first-order chi connectivity index (χ1) is 15.9. The maximum Gasteiger partial charge on any atom is 0.312 e. The van der Waals surface area contributed by atoms with Gasteiger partial charge in [-0.2, -0.15) is 0 Å². The number of likely N-dealkylation sites (tertiary alicyclic amines) is 1. The van der Waals surface area contributed by atoms with Gasteiger partial charge in [0.1, 0.15) is 17.6 Å². The fourth-order valence-electron chi connectivity index (χ4n) is 5.71. The smallest absolute Gasteiger partial charge is 0.312 e. The fraction of sp³-hybridized carbons (Fsp3) is 0.720. The number of hydrogen-bond donors (Lipinski definition) is 1. The number of amides is 2. The van der Waals surface area contributed by atoms with Crippen LogP contribution in [0, 0.1) is 11.8 Å². The topological polar surface area (TPSA) is 96.4 Å². The first-order valence-electron chi connectivity index (χ1n) is 12.3. The molecule has 0 radical (unpaired) electrons. The number of esters is 1. The molecule has 33 heavy (non-hydrogen) atoms. The van der Waals surface area contributed by atoms with Gasteiger partial charge in [-0.1, -0.05) is 24.3 Å². The molecule has 2 fully saturated rings. The summed E-state index contributed by atoms with van der Waals surface area (Å²) in [6, 6.07) is -0.848. The Morgan fingerprint density at radius 3 is 2.70 bits per heavy atom. The molecular formula is C25H36N2O6. The molecule has 8 nitrogen and oxygen atoms in total. The summed E-state index contributed by atoms with van der Waals surface area (Å²) in [6.07, 6.45) is 11.7. The predicted molar refractivity (Wildman–Crippen MR) is 121 cm³/mol. The summed E-state index contributed by atoms with van der Waals surface area (Å²) >= 11 is 0. The number of cyclic esters (lactones) is 1. The SMILES string of the molecule is CC(C)N1CC=C[C@]23O[C@@H]4/C=C\CCCCOC(=O)[C@@H]4[C@H]2C(=O)N(CCCCCO)C3C1=O. The molecule has 0 aliphatic carbocycles. The third kappa shape index (κ3) is 4.23. The number of unbranched alkanes of at least 4 members (excludes halogenated alkanes) is 2. The van der Waals surface area contributed by atoms with Gasteiger partial charge in [-0.3, -0.25) is 14.4 Å². The van der Waals surface area contributed by atoms with Gasteiger partial charge in [0.25, 0.3) is 0 Å². The van der Waals surface area contributed by atoms with Gasteiger partial charge in [-0.15, -0.1) is 0 Å². The summed E-state index contributed by atoms with van der Waals surface area (Å²) in [7, 11) is 0. The minimum Gasteiger partial charge on any atom is -0.465 e. The van der Waals surface area contributed by atoms with E-state index in [0.717, 1.165) is 25.7 Å². The molecule has 2 saturated heterocycles. The van der Waals surface area contributed by atoms with Crippen LogP contribution in [0.5, 0.6) is 0 Å². The number of aliphatic hydroxyl groups is 1. The van der Waals surface area contributed by atoms with Crippen molar-refractivity contribution in [3.63, 3.8) is 0 Å². The van der Waals surface area contributed by atoms with Gasteiger partial charge in [0.15, 0.2) is 0 Å². The second-order valence-electron chi connectivity index (χ2n) is 9.74. The quantitative estimate of drug-likeness (QED) is 0.369. The lowest BCUT2D eigenvalue weighted by Gasteiger charge is -2.36. The van der Waals surface area contributed by atoms with Crippen molar-refractivity contribution in [2.45, 2.75) is 76.2 Å². The fourth-order valence-corrected chi connectivity index (χ4v) is 5.71. The Balaban J connectivity index is 1.75. The van der Waals surface area contributed by atoms with E-state index >= 15 is 0 Å². The number of rotatable bonds is 6. The van der Waals surface area contributed by atoms with Crippen molar-refractivity contribution in [2.24, 2.45) is 11.8 Å². The summed E-state index contributed by atoms with van der Waals surface area (Å²) < 4.78 is 12.1. The van der Waals surface area contributed by atoms with Crippen molar-refractivity contribution >= 4 is 17.8 Å². The highest BCUT2D eigenvalue weighted by atomic mass is 16.6. The Kier molecular flexibility index (Phi) is 7.24. The molecule has 4 aliphatic rings. The van der Waals surface area contributed by atoms with Crippen molar-refractivity contribution in [2.75, 3.05) is 26.3 Å². The summed E-state index contributed by atoms with van der Waals surface area (Å²) in [4.78, 5) is 44.2. The molecule has 8 heteroatoms. The van der Waals surface area contributed by atoms with Gasteiger partial charge in [0, 0.05) is 25.7 Å². The van der Waals surface area contributed by atoms with Crippen molar-refractivity contribution < 1.29 is 29.0 Å². The monoisotopic (exact) mass is 460 g/mol. The van der Waals surface area contributed by atoms with E-state index in [2.05, 4.69) is 0 Å². The zero-order valence-electron chi connectivity index (χ0n) is 19.7. The number of fused-ring (bicyclic) bond motifs is 2. The van der Waals surface area contributed by atoms with Crippen molar-refractivity contribution in [1.29, 1.82) is 0 Å². The van der Waals surface area contributed by atoms with Crippen LogP contribution in [0.2, 0.25) is 0 Å². The van der Waals surface area contributed by atoms with E-state index in [0.29, 0.717) is 32.5 Å². The van der Waals surface area contributed by atoms with Gasteiger partial charge < -0.3 is 24.4 Å². The van der Waals surface area contributed by atoms with Gasteiger partial charge in [-0.25, -0.2) is 0 Å². The number of carbonyl (C=O) groups is 3. The molecule has 5 atom stereocenters. The number of hydrogen-bond acceptors (Lipinski definition) is 6. The van der Waals surface area contributed by atoms with Crippen LogP contribution in [0.4, 0.5) is 0 Å². The lowest BCUT2D eigenvalue weighted by atomic mass is 9.78. The van der Waals surface area contributed by atoms with Crippen LogP contribution in [0.3, 0.4) is 0 Å². The van der Waals surface area contributed by atoms with Crippen LogP contribution in [0.25, 0.3) is 0 Å². The highest BCUT2D eigenvalue weighted by Crippen LogP contribution is 2.53. The molecule has 182 valence electrons. The number of ether oxygens (including phenoxy) is 2. The zero-order valence-corrected chi connectivity index (χ0v) is 19.7. The summed E-state index contributed by atoms with van der Waals surface area (Å²) in [5.74, 6) is -2.36. The standard InChI is InChI=1S/C25H36N2O6/c1-17(2)26-14-10-12-25-20(19-18(33-25)11-6-3-4-9-16-32-24(19)31)22(29)27(21(25)23(26)30)13-7-5-8-15-28/h6,10-12,17-21,28H,3-5,7-9,13-16H2,1-2H3/b11-6-/t18-,19+,20+,21?,25+/m1/s1. The van der Waals surface area contributed by atoms with Crippen LogP contribution in [-0.4, -0.2) is 82.8 Å². The van der Waals surface area contributed by atoms with Gasteiger partial charge in [0.2, 0.25) is 11.8 Å². The Hall–Kier alpha value is -2.19. The third-order valence-corrected chi connectivity index (χ3v) is 7.31. The Labute approximate surface area is 195 Å². The first-order valence-corrected chi connectivity index (χ1v) is 12.3. The van der Waals surface area contributed by atoms with E-state index < -0.39 is 35.6 Å². The molecule has 4 aliphatic heterocycles. The molecule has 0 aromatic rings. The molecule has 0 bridgehead atoms. The first kappa shape index (κ1) is 24.0. The highest BCUT2D eigenvalue weighted by molar-refractivity contribution is 5.99. The minimum atomic E-state index is -1.19. The second kappa shape index (κ2) is 9.97. The normalized spacial score (nSPS) is 35.2. The van der Waals surface area contributed by atoms with Gasteiger partial charge >= 0.3 is 5.97 Å². The third-order valence-electron chi connectivity index (χ3n) is 7.31. The lowest BCUT2D eigenvalue weighted by Crippen LogP contribution is -2.56. The van der Waals surface area contributed by atoms with Gasteiger partial charge in [-0.05, 0) is 52.4 Å². The molecule has 0 saturated carbocycles. The van der Waals surface area contributed by atoms with E-state index in [-0.39, 0.29) is 24.5 Å². The Bertz CT molecular complexity index is 824. The van der Waals surface area contributed by atoms with E-state index in [1.807, 2.05) is 38.2 Å². The van der Waals surface area contributed by atoms with Gasteiger partial charge in [0.05, 0.1) is 18.6 Å². The average Bonchev–Trinajstić information content (AvgIpc) is 3.16. The van der Waals surface area contributed by atoms with E-state index in [1.165, 1.54) is 0 Å². The minimum absolute atomic E-state index is 0.0327. The average molecular weight is 461 g/mol. The van der Waals surface area contributed by atoms with Crippen LogP contribution >= 0.6 is 0 Å². The van der Waals surface area contributed by atoms with Crippen molar-refractivity contribution in [1.82, 2.24) is 9.80 Å². The van der Waals surface area contributed by atoms with E-state index in [9.17, 15) is 14.4 Å². The summed E-state index contributed by atoms with van der Waals surface area (Å²) in [5.41, 5.74) is -1.19. The molecular weight excluding hydrogens is 424 g/mol. The molecule has 2 amide bonds. The van der Waals surface area contributed by atoms with Crippen LogP contribution in [-0.2, 0) is 23.9 Å². The zero-order chi connectivity index (χ0) is 23.6. The molecule has 0 aromatic carbocycles. The summed E-state index contributed by atoms with van der Waals surface area (Å²) in [6.45, 7) is 5.16. The van der Waals surface area contributed by atoms with Crippen LogP contribution in [0.1, 0.15) is 52.4 Å². The van der Waals surface area contributed by atoms with Crippen molar-refractivity contribution in [3.8, 4) is 0 Å². The molecule has 0 aromatic heterocycles. The molecule has 4 heterocycles. The van der Waals surface area contributed by atoms with Crippen LogP contribution < -0.4 is 0 Å². The molecule has 1 N–H and O–H groups in total. The Morgan fingerprint density at radius 1 is 1.12 bits per heavy atom. The number of allylic oxidation sites excluding steroid dienone is 1. The molecule has 4 rings (SSSR count). The second-order valence-corrected chi connectivity index (χ2v) is 9.74. The molecule has 1 unspecified atom stereocenters. The lowest BCUT2D eigenvalue weighted by molar-refractivity contribution is -0.155. The predicted octanol–water partition coefficient (Wildman–Crippen LogP) is 1.82. The van der Waals surface area contributed by atoms with E-state index in [4.69, 9.17) is 14.6 Å². The van der Waals surface area contributed by atoms with Crippen molar-refractivity contribution in [3.05, 3.63) is 24.3 Å². The largest absolute Gasteiger partial charge is 0.465 e. The maximum atomic E-state index is 13.9. The highest BCUT2D eigenvalue weighted by Gasteiger charge is 2.71. The Morgan fingerprint density at radius 2 is 1.94 bits per heavy atom. The van der Waals surface area contributed by atoms with E-state index in [1.54, 1.807) is 9.80 Å². The van der Waals surface area contributed by atoms with Crippen LogP contribution in [0.15, 0.2) is 24.3 Å². The number of carbonyl (C=O) groups excluding carboxylic acids is 3. The maximum absolute atomic E-state index is 13.9. The number of aliphatic hydroxyl groups excluding tert-OH is 1.